The summed E-state index contributed by atoms with van der Waals surface area (Å²) in [7, 11) is 1.57. The van der Waals surface area contributed by atoms with Gasteiger partial charge in [0.2, 0.25) is 0 Å². The predicted molar refractivity (Wildman–Crippen MR) is 66.1 cm³/mol. The number of hydrogen-bond acceptors (Lipinski definition) is 2. The van der Waals surface area contributed by atoms with Gasteiger partial charge in [0, 0.05) is 23.8 Å². The molecule has 0 atom stereocenters. The van der Waals surface area contributed by atoms with Gasteiger partial charge in [0.25, 0.3) is 0 Å². The quantitative estimate of drug-likeness (QED) is 0.876. The first-order valence-electron chi connectivity index (χ1n) is 6.23. The molecule has 0 amide bonds. The summed E-state index contributed by atoms with van der Waals surface area (Å²) in [6.45, 7) is 0.301. The second kappa shape index (κ2) is 5.15. The van der Waals surface area contributed by atoms with Crippen LogP contribution in [-0.4, -0.2) is 7.11 Å². The number of halogens is 1. The van der Waals surface area contributed by atoms with Gasteiger partial charge in [0.15, 0.2) is 0 Å². The molecule has 0 saturated heterocycles. The topological polar surface area (TPSA) is 35.2 Å². The van der Waals surface area contributed by atoms with Crippen LogP contribution in [0.1, 0.15) is 43.2 Å². The lowest BCUT2D eigenvalue weighted by Gasteiger charge is -2.34. The van der Waals surface area contributed by atoms with Crippen molar-refractivity contribution in [2.75, 3.05) is 7.11 Å². The minimum Gasteiger partial charge on any atom is -0.380 e. The van der Waals surface area contributed by atoms with Crippen molar-refractivity contribution >= 4 is 0 Å². The van der Waals surface area contributed by atoms with Crippen LogP contribution in [0.4, 0.5) is 4.39 Å². The van der Waals surface area contributed by atoms with E-state index in [1.54, 1.807) is 13.2 Å². The van der Waals surface area contributed by atoms with Gasteiger partial charge in [-0.15, -0.1) is 0 Å². The fraction of sp³-hybridized carbons (Fsp3) is 0.571. The van der Waals surface area contributed by atoms with Gasteiger partial charge in [0.05, 0.1) is 6.61 Å². The number of methoxy groups -OCH3 is 1. The van der Waals surface area contributed by atoms with Gasteiger partial charge in [0.1, 0.15) is 5.82 Å². The smallest absolute Gasteiger partial charge is 0.133 e. The first kappa shape index (κ1) is 12.5. The van der Waals surface area contributed by atoms with Crippen molar-refractivity contribution in [3.63, 3.8) is 0 Å². The maximum atomic E-state index is 14.3. The van der Waals surface area contributed by atoms with E-state index in [4.69, 9.17) is 10.5 Å². The molecule has 0 heterocycles. The van der Waals surface area contributed by atoms with E-state index in [1.165, 1.54) is 6.42 Å². The molecule has 1 aliphatic rings. The fourth-order valence-corrected chi connectivity index (χ4v) is 2.68. The fourth-order valence-electron chi connectivity index (χ4n) is 2.68. The second-order valence-electron chi connectivity index (χ2n) is 4.93. The summed E-state index contributed by atoms with van der Waals surface area (Å²) >= 11 is 0. The Labute approximate surface area is 102 Å². The summed E-state index contributed by atoms with van der Waals surface area (Å²) in [5.74, 6) is -0.182. The Kier molecular flexibility index (Phi) is 3.79. The average Bonchev–Trinajstić information content (AvgIpc) is 2.33. The predicted octanol–water partition coefficient (Wildman–Crippen LogP) is 3.09. The molecular formula is C14H20FNO. The summed E-state index contributed by atoms with van der Waals surface area (Å²) in [6.07, 6.45) is 5.13. The summed E-state index contributed by atoms with van der Waals surface area (Å²) in [5, 5.41) is 0. The zero-order chi connectivity index (χ0) is 12.3. The molecule has 1 saturated carbocycles. The maximum absolute atomic E-state index is 14.3. The highest BCUT2D eigenvalue weighted by molar-refractivity contribution is 5.31. The molecule has 0 spiro atoms. The number of benzene rings is 1. The molecule has 0 radical (unpaired) electrons. The minimum absolute atomic E-state index is 0.182. The van der Waals surface area contributed by atoms with Crippen molar-refractivity contribution in [3.05, 3.63) is 35.1 Å². The van der Waals surface area contributed by atoms with Crippen LogP contribution in [0.15, 0.2) is 18.2 Å². The zero-order valence-electron chi connectivity index (χ0n) is 10.3. The van der Waals surface area contributed by atoms with Crippen molar-refractivity contribution in [3.8, 4) is 0 Å². The molecule has 17 heavy (non-hydrogen) atoms. The van der Waals surface area contributed by atoms with Gasteiger partial charge >= 0.3 is 0 Å². The van der Waals surface area contributed by atoms with E-state index >= 15 is 0 Å². The molecule has 3 heteroatoms. The summed E-state index contributed by atoms with van der Waals surface area (Å²) in [4.78, 5) is 0. The van der Waals surface area contributed by atoms with Crippen LogP contribution in [0, 0.1) is 5.82 Å². The molecule has 0 aliphatic heterocycles. The van der Waals surface area contributed by atoms with Crippen LogP contribution in [0.5, 0.6) is 0 Å². The van der Waals surface area contributed by atoms with Crippen LogP contribution in [0.25, 0.3) is 0 Å². The third-order valence-corrected chi connectivity index (χ3v) is 3.66. The Balaban J connectivity index is 2.34. The van der Waals surface area contributed by atoms with Crippen LogP contribution in [-0.2, 0) is 16.9 Å². The molecule has 2 N–H and O–H groups in total. The summed E-state index contributed by atoms with van der Waals surface area (Å²) in [5.41, 5.74) is 7.14. The number of ether oxygens (including phenoxy) is 1. The van der Waals surface area contributed by atoms with Gasteiger partial charge in [-0.1, -0.05) is 37.5 Å². The number of rotatable bonds is 3. The molecule has 1 aliphatic carbocycles. The van der Waals surface area contributed by atoms with E-state index in [1.807, 2.05) is 12.1 Å². The molecule has 1 aromatic rings. The van der Waals surface area contributed by atoms with E-state index in [9.17, 15) is 4.39 Å². The zero-order valence-corrected chi connectivity index (χ0v) is 10.3. The van der Waals surface area contributed by atoms with Crippen LogP contribution >= 0.6 is 0 Å². The molecule has 94 valence electrons. The van der Waals surface area contributed by atoms with Gasteiger partial charge in [-0.3, -0.25) is 0 Å². The number of hydrogen-bond donors (Lipinski definition) is 1. The first-order chi connectivity index (χ1) is 8.17. The summed E-state index contributed by atoms with van der Waals surface area (Å²) < 4.78 is 19.3. The van der Waals surface area contributed by atoms with Gasteiger partial charge in [-0.05, 0) is 12.8 Å². The Morgan fingerprint density at radius 1 is 1.29 bits per heavy atom. The molecule has 0 bridgehead atoms. The van der Waals surface area contributed by atoms with Crippen molar-refractivity contribution in [2.24, 2.45) is 5.73 Å². The second-order valence-corrected chi connectivity index (χ2v) is 4.93. The van der Waals surface area contributed by atoms with Crippen molar-refractivity contribution in [1.82, 2.24) is 0 Å². The van der Waals surface area contributed by atoms with Crippen molar-refractivity contribution in [2.45, 2.75) is 44.2 Å². The van der Waals surface area contributed by atoms with Crippen LogP contribution < -0.4 is 5.73 Å². The van der Waals surface area contributed by atoms with Gasteiger partial charge in [-0.25, -0.2) is 4.39 Å². The van der Waals surface area contributed by atoms with E-state index in [-0.39, 0.29) is 5.82 Å². The molecule has 2 nitrogen and oxygen atoms in total. The highest BCUT2D eigenvalue weighted by atomic mass is 19.1. The molecule has 2 rings (SSSR count). The highest BCUT2D eigenvalue weighted by Crippen LogP contribution is 2.36. The Morgan fingerprint density at radius 3 is 2.65 bits per heavy atom. The largest absolute Gasteiger partial charge is 0.380 e. The Hall–Kier alpha value is -0.930. The highest BCUT2D eigenvalue weighted by Gasteiger charge is 2.32. The van der Waals surface area contributed by atoms with Crippen molar-refractivity contribution in [1.29, 1.82) is 0 Å². The molecule has 1 aromatic carbocycles. The third kappa shape index (κ3) is 2.50. The van der Waals surface area contributed by atoms with Gasteiger partial charge < -0.3 is 10.5 Å². The number of nitrogens with two attached hydrogens (primary N) is 1. The standard InChI is InChI=1S/C14H20FNO/c1-17-10-11-6-5-7-12(13(11)15)14(16)8-3-2-4-9-14/h5-7H,2-4,8-10,16H2,1H3. The average molecular weight is 237 g/mol. The minimum atomic E-state index is -0.480. The summed E-state index contributed by atoms with van der Waals surface area (Å²) in [6, 6.07) is 5.45. The van der Waals surface area contributed by atoms with E-state index < -0.39 is 5.54 Å². The molecular weight excluding hydrogens is 217 g/mol. The maximum Gasteiger partial charge on any atom is 0.133 e. The molecule has 1 fully saturated rings. The Bertz CT molecular complexity index is 386. The Morgan fingerprint density at radius 2 is 2.00 bits per heavy atom. The SMILES string of the molecule is COCc1cccc(C2(N)CCCCC2)c1F. The normalized spacial score (nSPS) is 19.2. The van der Waals surface area contributed by atoms with Crippen LogP contribution in [0.2, 0.25) is 0 Å². The molecule has 0 aromatic heterocycles. The van der Waals surface area contributed by atoms with Crippen LogP contribution in [0.3, 0.4) is 0 Å². The first-order valence-corrected chi connectivity index (χ1v) is 6.23. The molecule has 0 unspecified atom stereocenters. The lowest BCUT2D eigenvalue weighted by Crippen LogP contribution is -2.39. The monoisotopic (exact) mass is 237 g/mol. The van der Waals surface area contributed by atoms with Gasteiger partial charge in [-0.2, -0.15) is 0 Å². The van der Waals surface area contributed by atoms with E-state index in [0.29, 0.717) is 17.7 Å². The van der Waals surface area contributed by atoms with E-state index in [2.05, 4.69) is 0 Å². The lowest BCUT2D eigenvalue weighted by molar-refractivity contribution is 0.180. The third-order valence-electron chi connectivity index (χ3n) is 3.66. The lowest BCUT2D eigenvalue weighted by atomic mass is 9.77. The van der Waals surface area contributed by atoms with Crippen molar-refractivity contribution < 1.29 is 9.13 Å². The van der Waals surface area contributed by atoms with E-state index in [0.717, 1.165) is 25.7 Å².